The Bertz CT molecular complexity index is 885. The van der Waals surface area contributed by atoms with Crippen LogP contribution in [-0.4, -0.2) is 19.1 Å². The summed E-state index contributed by atoms with van der Waals surface area (Å²) in [6, 6.07) is 9.04. The highest BCUT2D eigenvalue weighted by Crippen LogP contribution is 2.44. The van der Waals surface area contributed by atoms with Crippen LogP contribution in [0.25, 0.3) is 0 Å². The molecule has 1 saturated carbocycles. The van der Waals surface area contributed by atoms with E-state index in [9.17, 15) is 26.3 Å². The fourth-order valence-corrected chi connectivity index (χ4v) is 4.56. The maximum absolute atomic E-state index is 14.9. The predicted molar refractivity (Wildman–Crippen MR) is 118 cm³/mol. The van der Waals surface area contributed by atoms with Gasteiger partial charge in [0.2, 0.25) is 0 Å². The molecule has 0 heterocycles. The van der Waals surface area contributed by atoms with E-state index in [1.807, 2.05) is 24.3 Å². The lowest BCUT2D eigenvalue weighted by Crippen LogP contribution is -2.33. The SMILES string of the molecule is CCCCCOc1ccc(C2CCC(C(F)(F)Cc3cc(F)c(OC(F)F)c(F)c3)CC2)cc1. The number of hydrogen-bond acceptors (Lipinski definition) is 2. The van der Waals surface area contributed by atoms with Crippen molar-refractivity contribution < 1.29 is 35.8 Å². The summed E-state index contributed by atoms with van der Waals surface area (Å²) < 4.78 is 91.7. The third-order valence-corrected chi connectivity index (χ3v) is 6.40. The molecule has 0 atom stereocenters. The quantitative estimate of drug-likeness (QED) is 0.234. The van der Waals surface area contributed by atoms with Crippen LogP contribution in [0, 0.1) is 17.6 Å². The lowest BCUT2D eigenvalue weighted by Gasteiger charge is -2.34. The maximum atomic E-state index is 14.9. The second-order valence-corrected chi connectivity index (χ2v) is 8.88. The summed E-state index contributed by atoms with van der Waals surface area (Å²) in [5, 5.41) is 0. The number of halogens is 6. The molecule has 0 unspecified atom stereocenters. The van der Waals surface area contributed by atoms with E-state index in [2.05, 4.69) is 11.7 Å². The molecule has 1 aliphatic rings. The molecule has 8 heteroatoms. The van der Waals surface area contributed by atoms with E-state index in [1.54, 1.807) is 0 Å². The molecule has 1 fully saturated rings. The first-order chi connectivity index (χ1) is 16.2. The predicted octanol–water partition coefficient (Wildman–Crippen LogP) is 8.29. The van der Waals surface area contributed by atoms with Gasteiger partial charge in [-0.15, -0.1) is 0 Å². The molecule has 188 valence electrons. The third-order valence-electron chi connectivity index (χ3n) is 6.40. The van der Waals surface area contributed by atoms with E-state index in [4.69, 9.17) is 4.74 Å². The van der Waals surface area contributed by atoms with Crippen LogP contribution in [0.1, 0.15) is 68.9 Å². The van der Waals surface area contributed by atoms with Gasteiger partial charge < -0.3 is 9.47 Å². The Morgan fingerprint density at radius 3 is 2.12 bits per heavy atom. The highest BCUT2D eigenvalue weighted by atomic mass is 19.3. The van der Waals surface area contributed by atoms with E-state index in [0.717, 1.165) is 30.6 Å². The second-order valence-electron chi connectivity index (χ2n) is 8.88. The van der Waals surface area contributed by atoms with Crippen molar-refractivity contribution in [3.8, 4) is 11.5 Å². The molecule has 34 heavy (non-hydrogen) atoms. The van der Waals surface area contributed by atoms with Crippen LogP contribution in [0.2, 0.25) is 0 Å². The zero-order valence-corrected chi connectivity index (χ0v) is 19.1. The highest BCUT2D eigenvalue weighted by Gasteiger charge is 2.41. The van der Waals surface area contributed by atoms with Crippen LogP contribution < -0.4 is 9.47 Å². The Labute approximate surface area is 196 Å². The molecule has 0 amide bonds. The lowest BCUT2D eigenvalue weighted by atomic mass is 9.75. The Kier molecular flexibility index (Phi) is 9.14. The van der Waals surface area contributed by atoms with Crippen molar-refractivity contribution in [2.75, 3.05) is 6.61 Å². The Morgan fingerprint density at radius 1 is 0.941 bits per heavy atom. The van der Waals surface area contributed by atoms with Crippen molar-refractivity contribution in [3.63, 3.8) is 0 Å². The van der Waals surface area contributed by atoms with E-state index in [-0.39, 0.29) is 24.3 Å². The van der Waals surface area contributed by atoms with Gasteiger partial charge in [0.05, 0.1) is 6.61 Å². The summed E-state index contributed by atoms with van der Waals surface area (Å²) >= 11 is 0. The molecule has 0 N–H and O–H groups in total. The number of ether oxygens (including phenoxy) is 2. The van der Waals surface area contributed by atoms with Crippen molar-refractivity contribution in [2.24, 2.45) is 5.92 Å². The number of alkyl halides is 4. The van der Waals surface area contributed by atoms with Gasteiger partial charge in [-0.05, 0) is 73.4 Å². The van der Waals surface area contributed by atoms with Crippen molar-refractivity contribution in [3.05, 3.63) is 59.2 Å². The summed E-state index contributed by atoms with van der Waals surface area (Å²) in [7, 11) is 0. The molecule has 1 aliphatic carbocycles. The van der Waals surface area contributed by atoms with Gasteiger partial charge in [-0.2, -0.15) is 8.78 Å². The van der Waals surface area contributed by atoms with Crippen molar-refractivity contribution in [2.45, 2.75) is 76.7 Å². The van der Waals surface area contributed by atoms with E-state index in [1.165, 1.54) is 0 Å². The average Bonchev–Trinajstić information content (AvgIpc) is 2.79. The first-order valence-corrected chi connectivity index (χ1v) is 11.7. The van der Waals surface area contributed by atoms with Crippen molar-refractivity contribution in [1.82, 2.24) is 0 Å². The van der Waals surface area contributed by atoms with Gasteiger partial charge in [-0.1, -0.05) is 31.9 Å². The van der Waals surface area contributed by atoms with Crippen molar-refractivity contribution >= 4 is 0 Å². The van der Waals surface area contributed by atoms with Gasteiger partial charge in [0.15, 0.2) is 17.4 Å². The molecule has 0 saturated heterocycles. The van der Waals surface area contributed by atoms with Crippen LogP contribution in [0.5, 0.6) is 11.5 Å². The zero-order chi connectivity index (χ0) is 24.7. The van der Waals surface area contributed by atoms with Crippen LogP contribution >= 0.6 is 0 Å². The molecule has 3 rings (SSSR count). The van der Waals surface area contributed by atoms with Crippen LogP contribution in [-0.2, 0) is 6.42 Å². The van der Waals surface area contributed by atoms with Crippen LogP contribution in [0.15, 0.2) is 36.4 Å². The minimum atomic E-state index is -3.42. The van der Waals surface area contributed by atoms with Crippen LogP contribution in [0.3, 0.4) is 0 Å². The summed E-state index contributed by atoms with van der Waals surface area (Å²) in [5.41, 5.74) is 0.791. The first kappa shape index (κ1) is 26.2. The number of benzene rings is 2. The Morgan fingerprint density at radius 2 is 1.56 bits per heavy atom. The monoisotopic (exact) mass is 488 g/mol. The molecule has 0 aliphatic heterocycles. The second kappa shape index (κ2) is 11.8. The van der Waals surface area contributed by atoms with E-state index in [0.29, 0.717) is 31.6 Å². The van der Waals surface area contributed by atoms with Crippen LogP contribution in [0.4, 0.5) is 26.3 Å². The molecule has 0 aromatic heterocycles. The molecule has 0 spiro atoms. The van der Waals surface area contributed by atoms with E-state index >= 15 is 0 Å². The minimum Gasteiger partial charge on any atom is -0.494 e. The first-order valence-electron chi connectivity index (χ1n) is 11.7. The van der Waals surface area contributed by atoms with Crippen molar-refractivity contribution in [1.29, 1.82) is 0 Å². The number of hydrogen-bond donors (Lipinski definition) is 0. The molecule has 0 radical (unpaired) electrons. The normalized spacial score (nSPS) is 18.8. The largest absolute Gasteiger partial charge is 0.494 e. The van der Waals surface area contributed by atoms with Gasteiger partial charge in [-0.25, -0.2) is 17.6 Å². The molecule has 0 bridgehead atoms. The van der Waals surface area contributed by atoms with Gasteiger partial charge in [0.25, 0.3) is 5.92 Å². The highest BCUT2D eigenvalue weighted by molar-refractivity contribution is 5.32. The summed E-state index contributed by atoms with van der Waals surface area (Å²) in [6.07, 6.45) is 4.11. The van der Waals surface area contributed by atoms with Gasteiger partial charge in [-0.3, -0.25) is 0 Å². The van der Waals surface area contributed by atoms with Gasteiger partial charge >= 0.3 is 6.61 Å². The lowest BCUT2D eigenvalue weighted by molar-refractivity contribution is -0.0718. The summed E-state index contributed by atoms with van der Waals surface area (Å²) in [5.74, 6) is -7.25. The molecule has 2 aromatic carbocycles. The van der Waals surface area contributed by atoms with E-state index < -0.39 is 42.3 Å². The van der Waals surface area contributed by atoms with Gasteiger partial charge in [0.1, 0.15) is 5.75 Å². The fraction of sp³-hybridized carbons (Fsp3) is 0.538. The smallest absolute Gasteiger partial charge is 0.387 e. The summed E-state index contributed by atoms with van der Waals surface area (Å²) in [4.78, 5) is 0. The van der Waals surface area contributed by atoms with Gasteiger partial charge in [0, 0.05) is 12.3 Å². The molecular formula is C26H30F6O2. The molecular weight excluding hydrogens is 458 g/mol. The average molecular weight is 489 g/mol. The third kappa shape index (κ3) is 7.06. The zero-order valence-electron chi connectivity index (χ0n) is 19.1. The number of unbranched alkanes of at least 4 members (excludes halogenated alkanes) is 2. The maximum Gasteiger partial charge on any atom is 0.387 e. The number of rotatable bonds is 11. The summed E-state index contributed by atoms with van der Waals surface area (Å²) in [6.45, 7) is -0.616. The molecule has 2 nitrogen and oxygen atoms in total. The Balaban J connectivity index is 1.55. The minimum absolute atomic E-state index is 0.168. The topological polar surface area (TPSA) is 18.5 Å². The standard InChI is InChI=1S/C26H30F6O2/c1-2-3-4-13-33-21-11-7-19(8-12-21)18-5-9-20(10-6-18)26(31,32)16-17-14-22(27)24(23(28)15-17)34-25(29)30/h7-8,11-12,14-15,18,20,25H,2-6,9-10,13,16H2,1H3. The molecule has 2 aromatic rings. The Hall–Kier alpha value is -2.38. The fourth-order valence-electron chi connectivity index (χ4n) is 4.56.